The second kappa shape index (κ2) is 10.0. The van der Waals surface area contributed by atoms with Crippen LogP contribution >= 0.6 is 0 Å². The number of ether oxygens (including phenoxy) is 2. The van der Waals surface area contributed by atoms with Gasteiger partial charge in [-0.2, -0.15) is 9.97 Å². The first-order chi connectivity index (χ1) is 18.1. The number of hydrogen-bond acceptors (Lipinski definition) is 8. The first-order valence-corrected chi connectivity index (χ1v) is 12.9. The molecule has 1 atom stereocenters. The molecular formula is C27H30FN7O2. The van der Waals surface area contributed by atoms with Crippen LogP contribution in [0.4, 0.5) is 4.39 Å². The summed E-state index contributed by atoms with van der Waals surface area (Å²) in [5, 5.41) is 0. The Hall–Kier alpha value is -3.66. The van der Waals surface area contributed by atoms with Crippen LogP contribution in [0.3, 0.4) is 0 Å². The molecule has 0 radical (unpaired) electrons. The summed E-state index contributed by atoms with van der Waals surface area (Å²) in [6, 6.07) is 5.61. The van der Waals surface area contributed by atoms with Gasteiger partial charge in [0.1, 0.15) is 17.2 Å². The zero-order chi connectivity index (χ0) is 25.4. The third-order valence-electron chi connectivity index (χ3n) is 7.36. The molecule has 192 valence electrons. The van der Waals surface area contributed by atoms with E-state index < -0.39 is 5.82 Å². The van der Waals surface area contributed by atoms with Crippen LogP contribution < -0.4 is 9.47 Å². The van der Waals surface area contributed by atoms with Crippen LogP contribution in [0.2, 0.25) is 0 Å². The van der Waals surface area contributed by atoms with Crippen molar-refractivity contribution >= 4 is 11.2 Å². The van der Waals surface area contributed by atoms with E-state index in [1.54, 1.807) is 6.20 Å². The molecule has 7 heterocycles. The number of pyridine rings is 2. The zero-order valence-electron chi connectivity index (χ0n) is 21.1. The van der Waals surface area contributed by atoms with Crippen molar-refractivity contribution in [3.05, 3.63) is 53.9 Å². The minimum atomic E-state index is -0.430. The number of rotatable bonds is 8. The van der Waals surface area contributed by atoms with Crippen molar-refractivity contribution in [1.82, 2.24) is 34.4 Å². The topological polar surface area (TPSA) is 91.1 Å². The molecule has 10 heteroatoms. The molecule has 0 amide bonds. The SMILES string of the molecule is CCOc1nc(C)c2nc(-c3cncc(F)c3)n(Cc3ccc(OCC4CN5CCC4CC5)nc3)c2n1. The lowest BCUT2D eigenvalue weighted by atomic mass is 9.79. The third kappa shape index (κ3) is 4.85. The van der Waals surface area contributed by atoms with Crippen LogP contribution in [-0.2, 0) is 6.54 Å². The molecule has 3 fully saturated rings. The molecule has 3 saturated heterocycles. The summed E-state index contributed by atoms with van der Waals surface area (Å²) in [6.45, 7) is 8.90. The number of hydrogen-bond donors (Lipinski definition) is 0. The first-order valence-electron chi connectivity index (χ1n) is 12.9. The number of halogens is 1. The van der Waals surface area contributed by atoms with Gasteiger partial charge < -0.3 is 18.9 Å². The molecule has 1 unspecified atom stereocenters. The van der Waals surface area contributed by atoms with Crippen LogP contribution in [-0.4, -0.2) is 67.2 Å². The van der Waals surface area contributed by atoms with Crippen molar-refractivity contribution in [3.63, 3.8) is 0 Å². The van der Waals surface area contributed by atoms with Crippen molar-refractivity contribution in [2.24, 2.45) is 11.8 Å². The summed E-state index contributed by atoms with van der Waals surface area (Å²) in [5.74, 6) is 2.09. The molecular weight excluding hydrogens is 473 g/mol. The highest BCUT2D eigenvalue weighted by Crippen LogP contribution is 2.32. The minimum Gasteiger partial charge on any atom is -0.477 e. The Kier molecular flexibility index (Phi) is 6.42. The fourth-order valence-electron chi connectivity index (χ4n) is 5.45. The van der Waals surface area contributed by atoms with Crippen molar-refractivity contribution < 1.29 is 13.9 Å². The van der Waals surface area contributed by atoms with Crippen molar-refractivity contribution in [2.45, 2.75) is 33.2 Å². The molecule has 0 aliphatic carbocycles. The molecule has 9 nitrogen and oxygen atoms in total. The van der Waals surface area contributed by atoms with Gasteiger partial charge in [-0.05, 0) is 57.3 Å². The molecule has 4 aromatic heterocycles. The Bertz CT molecular complexity index is 1400. The normalized spacial score (nSPS) is 20.9. The summed E-state index contributed by atoms with van der Waals surface area (Å²) >= 11 is 0. The molecule has 7 rings (SSSR count). The lowest BCUT2D eigenvalue weighted by Gasteiger charge is -2.44. The van der Waals surface area contributed by atoms with Gasteiger partial charge in [0.25, 0.3) is 0 Å². The fraction of sp³-hybridized carbons (Fsp3) is 0.444. The molecule has 3 aliphatic heterocycles. The monoisotopic (exact) mass is 503 g/mol. The van der Waals surface area contributed by atoms with Gasteiger partial charge in [0.2, 0.25) is 5.88 Å². The van der Waals surface area contributed by atoms with Crippen molar-refractivity contribution in [1.29, 1.82) is 0 Å². The van der Waals surface area contributed by atoms with E-state index in [2.05, 4.69) is 24.8 Å². The van der Waals surface area contributed by atoms with Gasteiger partial charge >= 0.3 is 6.01 Å². The van der Waals surface area contributed by atoms with Gasteiger partial charge in [-0.15, -0.1) is 0 Å². The van der Waals surface area contributed by atoms with Crippen LogP contribution in [0.25, 0.3) is 22.6 Å². The summed E-state index contributed by atoms with van der Waals surface area (Å²) in [4.78, 5) is 24.9. The Morgan fingerprint density at radius 1 is 1.05 bits per heavy atom. The molecule has 2 bridgehead atoms. The van der Waals surface area contributed by atoms with E-state index in [-0.39, 0.29) is 6.01 Å². The predicted octanol–water partition coefficient (Wildman–Crippen LogP) is 3.90. The smallest absolute Gasteiger partial charge is 0.318 e. The maximum Gasteiger partial charge on any atom is 0.318 e. The van der Waals surface area contributed by atoms with E-state index in [0.29, 0.717) is 59.8 Å². The summed E-state index contributed by atoms with van der Waals surface area (Å²) in [5.41, 5.74) is 3.42. The van der Waals surface area contributed by atoms with Crippen LogP contribution in [0.15, 0.2) is 36.8 Å². The lowest BCUT2D eigenvalue weighted by Crippen LogP contribution is -2.49. The average molecular weight is 504 g/mol. The highest BCUT2D eigenvalue weighted by Gasteiger charge is 2.34. The number of imidazole rings is 1. The molecule has 4 aromatic rings. The molecule has 37 heavy (non-hydrogen) atoms. The average Bonchev–Trinajstić information content (AvgIpc) is 3.28. The number of nitrogens with zero attached hydrogens (tertiary/aromatic N) is 7. The molecule has 0 N–H and O–H groups in total. The number of aryl methyl sites for hydroxylation is 1. The minimum absolute atomic E-state index is 0.284. The van der Waals surface area contributed by atoms with Crippen LogP contribution in [0.5, 0.6) is 11.9 Å². The highest BCUT2D eigenvalue weighted by molar-refractivity contribution is 5.79. The van der Waals surface area contributed by atoms with Gasteiger partial charge in [-0.25, -0.2) is 14.4 Å². The van der Waals surface area contributed by atoms with Gasteiger partial charge in [-0.1, -0.05) is 6.07 Å². The van der Waals surface area contributed by atoms with E-state index in [1.165, 1.54) is 38.2 Å². The van der Waals surface area contributed by atoms with Crippen molar-refractivity contribution in [3.8, 4) is 23.3 Å². The van der Waals surface area contributed by atoms with Crippen molar-refractivity contribution in [2.75, 3.05) is 32.8 Å². The first kappa shape index (κ1) is 23.7. The van der Waals surface area contributed by atoms with E-state index >= 15 is 0 Å². The van der Waals surface area contributed by atoms with Gasteiger partial charge in [0, 0.05) is 36.5 Å². The zero-order valence-corrected chi connectivity index (χ0v) is 21.1. The Balaban J connectivity index is 1.27. The quantitative estimate of drug-likeness (QED) is 0.358. The molecule has 0 aromatic carbocycles. The fourth-order valence-corrected chi connectivity index (χ4v) is 5.45. The van der Waals surface area contributed by atoms with Crippen LogP contribution in [0.1, 0.15) is 31.0 Å². The summed E-state index contributed by atoms with van der Waals surface area (Å²) in [6.07, 6.45) is 7.12. The predicted molar refractivity (Wildman–Crippen MR) is 136 cm³/mol. The van der Waals surface area contributed by atoms with E-state index in [1.807, 2.05) is 36.7 Å². The van der Waals surface area contributed by atoms with E-state index in [0.717, 1.165) is 18.0 Å². The lowest BCUT2D eigenvalue weighted by molar-refractivity contribution is 0.0248. The second-order valence-electron chi connectivity index (χ2n) is 9.82. The molecule has 0 spiro atoms. The highest BCUT2D eigenvalue weighted by atomic mass is 19.1. The Morgan fingerprint density at radius 2 is 1.92 bits per heavy atom. The standard InChI is InChI=1S/C27H30FN7O2/c1-3-36-27-31-17(2)24-26(33-27)35(25(32-24)20-10-22(28)13-29-12-20)14-18-4-5-23(30-11-18)37-16-21-15-34-8-6-19(21)7-9-34/h4-5,10-13,19,21H,3,6-9,14-16H2,1-2H3. The number of aromatic nitrogens is 6. The van der Waals surface area contributed by atoms with Gasteiger partial charge in [-0.3, -0.25) is 4.98 Å². The van der Waals surface area contributed by atoms with Gasteiger partial charge in [0.15, 0.2) is 5.65 Å². The maximum absolute atomic E-state index is 14.0. The second-order valence-corrected chi connectivity index (χ2v) is 9.82. The third-order valence-corrected chi connectivity index (χ3v) is 7.36. The summed E-state index contributed by atoms with van der Waals surface area (Å²) in [7, 11) is 0. The largest absolute Gasteiger partial charge is 0.477 e. The number of fused-ring (bicyclic) bond motifs is 4. The molecule has 0 saturated carbocycles. The molecule has 3 aliphatic rings. The van der Waals surface area contributed by atoms with Crippen LogP contribution in [0, 0.1) is 24.6 Å². The number of piperidine rings is 3. The Labute approximate surface area is 214 Å². The van der Waals surface area contributed by atoms with Gasteiger partial charge in [0.05, 0.1) is 31.6 Å². The Morgan fingerprint density at radius 3 is 2.62 bits per heavy atom. The van der Waals surface area contributed by atoms with E-state index in [4.69, 9.17) is 14.5 Å². The summed E-state index contributed by atoms with van der Waals surface area (Å²) < 4.78 is 27.6. The maximum atomic E-state index is 14.0. The van der Waals surface area contributed by atoms with E-state index in [9.17, 15) is 4.39 Å².